The first-order valence-electron chi connectivity index (χ1n) is 7.21. The SMILES string of the molecule is CC1CN(C(=O)c2ccsc2Br)CCN1C(=O)OC(C)(C)C. The lowest BCUT2D eigenvalue weighted by Crippen LogP contribution is -2.56. The first-order valence-corrected chi connectivity index (χ1v) is 8.88. The van der Waals surface area contributed by atoms with Gasteiger partial charge in [0.05, 0.1) is 9.35 Å². The first-order chi connectivity index (χ1) is 10.2. The topological polar surface area (TPSA) is 49.9 Å². The van der Waals surface area contributed by atoms with E-state index in [1.807, 2.05) is 39.1 Å². The molecule has 1 aromatic rings. The number of thiophene rings is 1. The van der Waals surface area contributed by atoms with Gasteiger partial charge >= 0.3 is 6.09 Å². The van der Waals surface area contributed by atoms with Crippen LogP contribution in [0.25, 0.3) is 0 Å². The molecule has 0 bridgehead atoms. The summed E-state index contributed by atoms with van der Waals surface area (Å²) >= 11 is 4.90. The monoisotopic (exact) mass is 388 g/mol. The molecule has 1 aliphatic heterocycles. The van der Waals surface area contributed by atoms with Crippen LogP contribution in [-0.4, -0.2) is 53.1 Å². The second-order valence-electron chi connectivity index (χ2n) is 6.38. The molecule has 7 heteroatoms. The average molecular weight is 389 g/mol. The van der Waals surface area contributed by atoms with Crippen molar-refractivity contribution in [1.82, 2.24) is 9.80 Å². The lowest BCUT2D eigenvalue weighted by Gasteiger charge is -2.40. The number of rotatable bonds is 1. The van der Waals surface area contributed by atoms with Crippen molar-refractivity contribution in [2.45, 2.75) is 39.3 Å². The zero-order valence-corrected chi connectivity index (χ0v) is 15.7. The highest BCUT2D eigenvalue weighted by Gasteiger charge is 2.33. The Hall–Kier alpha value is -1.08. The van der Waals surface area contributed by atoms with Gasteiger partial charge in [-0.1, -0.05) is 0 Å². The van der Waals surface area contributed by atoms with Gasteiger partial charge in [0.2, 0.25) is 0 Å². The molecule has 1 aromatic heterocycles. The van der Waals surface area contributed by atoms with Crippen molar-refractivity contribution in [2.24, 2.45) is 0 Å². The van der Waals surface area contributed by atoms with Crippen LogP contribution >= 0.6 is 27.3 Å². The van der Waals surface area contributed by atoms with Gasteiger partial charge in [-0.05, 0) is 55.1 Å². The molecule has 0 aliphatic carbocycles. The minimum absolute atomic E-state index is 0.00353. The Bertz CT molecular complexity index is 567. The third kappa shape index (κ3) is 4.01. The zero-order valence-electron chi connectivity index (χ0n) is 13.3. The van der Waals surface area contributed by atoms with Crippen molar-refractivity contribution >= 4 is 39.3 Å². The summed E-state index contributed by atoms with van der Waals surface area (Å²) in [6.45, 7) is 9.01. The van der Waals surface area contributed by atoms with Gasteiger partial charge in [-0.15, -0.1) is 11.3 Å². The Kier molecular flexibility index (Phi) is 5.17. The maximum Gasteiger partial charge on any atom is 0.410 e. The van der Waals surface area contributed by atoms with E-state index < -0.39 is 5.60 Å². The fraction of sp³-hybridized carbons (Fsp3) is 0.600. The number of carbonyl (C=O) groups excluding carboxylic acids is 2. The lowest BCUT2D eigenvalue weighted by atomic mass is 10.1. The molecule has 0 saturated carbocycles. The molecule has 1 aliphatic rings. The van der Waals surface area contributed by atoms with Crippen LogP contribution in [0.5, 0.6) is 0 Å². The van der Waals surface area contributed by atoms with Gasteiger partial charge in [0.15, 0.2) is 0 Å². The summed E-state index contributed by atoms with van der Waals surface area (Å²) in [5, 5.41) is 1.89. The lowest BCUT2D eigenvalue weighted by molar-refractivity contribution is 0.00198. The third-order valence-electron chi connectivity index (χ3n) is 3.39. The van der Waals surface area contributed by atoms with Gasteiger partial charge in [0.1, 0.15) is 5.60 Å². The molecule has 0 radical (unpaired) electrons. The highest BCUT2D eigenvalue weighted by atomic mass is 79.9. The Morgan fingerprint density at radius 2 is 2.05 bits per heavy atom. The molecule has 0 N–H and O–H groups in total. The number of hydrogen-bond acceptors (Lipinski definition) is 4. The van der Waals surface area contributed by atoms with Crippen molar-refractivity contribution < 1.29 is 14.3 Å². The summed E-state index contributed by atoms with van der Waals surface area (Å²) < 4.78 is 6.26. The van der Waals surface area contributed by atoms with E-state index in [1.165, 1.54) is 11.3 Å². The van der Waals surface area contributed by atoms with Crippen LogP contribution in [-0.2, 0) is 4.74 Å². The number of piperazine rings is 1. The Balaban J connectivity index is 2.00. The smallest absolute Gasteiger partial charge is 0.410 e. The van der Waals surface area contributed by atoms with E-state index in [-0.39, 0.29) is 18.0 Å². The fourth-order valence-electron chi connectivity index (χ4n) is 2.35. The fourth-order valence-corrected chi connectivity index (χ4v) is 3.58. The van der Waals surface area contributed by atoms with Gasteiger partial charge < -0.3 is 14.5 Å². The third-order valence-corrected chi connectivity index (χ3v) is 5.08. The maximum absolute atomic E-state index is 12.5. The molecule has 0 aromatic carbocycles. The number of carbonyl (C=O) groups is 2. The number of amides is 2. The Labute approximate surface area is 143 Å². The van der Waals surface area contributed by atoms with Crippen molar-refractivity contribution in [3.8, 4) is 0 Å². The molecular weight excluding hydrogens is 368 g/mol. The number of ether oxygens (including phenoxy) is 1. The summed E-state index contributed by atoms with van der Waals surface area (Å²) in [5.41, 5.74) is 0.175. The summed E-state index contributed by atoms with van der Waals surface area (Å²) in [6, 6.07) is 1.76. The van der Waals surface area contributed by atoms with Gasteiger partial charge in [-0.2, -0.15) is 0 Å². The predicted octanol–water partition coefficient (Wildman–Crippen LogP) is 3.59. The van der Waals surface area contributed by atoms with E-state index in [2.05, 4.69) is 15.9 Å². The van der Waals surface area contributed by atoms with Gasteiger partial charge in [-0.25, -0.2) is 4.79 Å². The number of nitrogens with zero attached hydrogens (tertiary/aromatic N) is 2. The molecule has 2 rings (SSSR count). The summed E-state index contributed by atoms with van der Waals surface area (Å²) in [7, 11) is 0. The van der Waals surface area contributed by atoms with Gasteiger partial charge in [-0.3, -0.25) is 4.79 Å². The van der Waals surface area contributed by atoms with Gasteiger partial charge in [0, 0.05) is 25.7 Å². The number of hydrogen-bond donors (Lipinski definition) is 0. The van der Waals surface area contributed by atoms with Crippen LogP contribution in [0.15, 0.2) is 15.2 Å². The van der Waals surface area contributed by atoms with Gasteiger partial charge in [0.25, 0.3) is 5.91 Å². The molecule has 1 atom stereocenters. The van der Waals surface area contributed by atoms with E-state index in [9.17, 15) is 9.59 Å². The Morgan fingerprint density at radius 1 is 1.36 bits per heavy atom. The van der Waals surface area contributed by atoms with Crippen LogP contribution in [0, 0.1) is 0 Å². The molecule has 2 amide bonds. The quantitative estimate of drug-likeness (QED) is 0.738. The van der Waals surface area contributed by atoms with Crippen molar-refractivity contribution in [3.05, 3.63) is 20.8 Å². The molecule has 1 unspecified atom stereocenters. The number of halogens is 1. The first kappa shape index (κ1) is 17.3. The molecule has 1 saturated heterocycles. The zero-order chi connectivity index (χ0) is 16.5. The molecule has 0 spiro atoms. The highest BCUT2D eigenvalue weighted by Crippen LogP contribution is 2.26. The maximum atomic E-state index is 12.5. The van der Waals surface area contributed by atoms with E-state index in [0.29, 0.717) is 25.2 Å². The molecule has 5 nitrogen and oxygen atoms in total. The second-order valence-corrected chi connectivity index (χ2v) is 8.62. The summed E-state index contributed by atoms with van der Waals surface area (Å²) in [4.78, 5) is 28.2. The normalized spacial score (nSPS) is 19.2. The molecular formula is C15H21BrN2O3S. The molecule has 122 valence electrons. The van der Waals surface area contributed by atoms with Crippen LogP contribution in [0.4, 0.5) is 4.79 Å². The van der Waals surface area contributed by atoms with Crippen molar-refractivity contribution in [3.63, 3.8) is 0 Å². The average Bonchev–Trinajstić information content (AvgIpc) is 2.81. The van der Waals surface area contributed by atoms with E-state index in [4.69, 9.17) is 4.74 Å². The van der Waals surface area contributed by atoms with Crippen LogP contribution in [0.1, 0.15) is 38.1 Å². The van der Waals surface area contributed by atoms with Crippen molar-refractivity contribution in [1.29, 1.82) is 0 Å². The van der Waals surface area contributed by atoms with Crippen LogP contribution < -0.4 is 0 Å². The summed E-state index contributed by atoms with van der Waals surface area (Å²) in [5.74, 6) is 0.00353. The highest BCUT2D eigenvalue weighted by molar-refractivity contribution is 9.11. The Morgan fingerprint density at radius 3 is 2.55 bits per heavy atom. The minimum atomic E-state index is -0.509. The molecule has 22 heavy (non-hydrogen) atoms. The molecule has 1 fully saturated rings. The molecule has 2 heterocycles. The van der Waals surface area contributed by atoms with Crippen LogP contribution in [0.2, 0.25) is 0 Å². The minimum Gasteiger partial charge on any atom is -0.444 e. The van der Waals surface area contributed by atoms with E-state index >= 15 is 0 Å². The predicted molar refractivity (Wildman–Crippen MR) is 90.3 cm³/mol. The van der Waals surface area contributed by atoms with Crippen molar-refractivity contribution in [2.75, 3.05) is 19.6 Å². The van der Waals surface area contributed by atoms with Crippen LogP contribution in [0.3, 0.4) is 0 Å². The standard InChI is InChI=1S/C15H21BrN2O3S/c1-10-9-17(13(19)11-5-8-22-12(11)16)6-7-18(10)14(20)21-15(2,3)4/h5,8,10H,6-7,9H2,1-4H3. The summed E-state index contributed by atoms with van der Waals surface area (Å²) in [6.07, 6.45) is -0.316. The van der Waals surface area contributed by atoms with E-state index in [1.54, 1.807) is 9.80 Å². The van der Waals surface area contributed by atoms with E-state index in [0.717, 1.165) is 3.79 Å². The largest absolute Gasteiger partial charge is 0.444 e. The second kappa shape index (κ2) is 6.58.